The van der Waals surface area contributed by atoms with Crippen LogP contribution in [0.15, 0.2) is 144 Å². The Balaban J connectivity index is 1.28. The highest BCUT2D eigenvalue weighted by Gasteiger charge is 2.24. The fourth-order valence-electron chi connectivity index (χ4n) is 6.60. The van der Waals surface area contributed by atoms with Crippen LogP contribution in [0, 0.1) is 6.92 Å². The summed E-state index contributed by atoms with van der Waals surface area (Å²) in [5, 5.41) is 1.78. The second-order valence-corrected chi connectivity index (χ2v) is 13.2. The molecule has 3 aromatic heterocycles. The van der Waals surface area contributed by atoms with Gasteiger partial charge >= 0.3 is 0 Å². The van der Waals surface area contributed by atoms with E-state index in [1.54, 1.807) is 12.1 Å². The number of hydrogen-bond acceptors (Lipinski definition) is 3. The average Bonchev–Trinajstić information content (AvgIpc) is 3.72. The van der Waals surface area contributed by atoms with Crippen LogP contribution in [0.5, 0.6) is 0 Å². The second kappa shape index (κ2) is 9.42. The Morgan fingerprint density at radius 1 is 0.556 bits per heavy atom. The van der Waals surface area contributed by atoms with Crippen LogP contribution in [0.4, 0.5) is 0 Å². The van der Waals surface area contributed by atoms with Gasteiger partial charge in [0.15, 0.2) is 0 Å². The molecule has 3 heterocycles. The number of fused-ring (bicyclic) bond motifs is 8. The van der Waals surface area contributed by atoms with E-state index < -0.39 is 10.0 Å². The van der Waals surface area contributed by atoms with Crippen molar-refractivity contribution in [3.63, 3.8) is 0 Å². The van der Waals surface area contributed by atoms with E-state index in [2.05, 4.69) is 51.4 Å². The maximum absolute atomic E-state index is 14.0. The van der Waals surface area contributed by atoms with Crippen molar-refractivity contribution in [1.29, 1.82) is 0 Å². The van der Waals surface area contributed by atoms with Crippen molar-refractivity contribution in [3.8, 4) is 16.8 Å². The lowest BCUT2D eigenvalue weighted by molar-refractivity contribution is 0.590. The summed E-state index contributed by atoms with van der Waals surface area (Å²) in [6, 6.07) is 45.8. The molecule has 7 heteroatoms. The molecule has 0 radical (unpaired) electrons. The molecule has 0 N–H and O–H groups in total. The zero-order valence-corrected chi connectivity index (χ0v) is 25.1. The van der Waals surface area contributed by atoms with Gasteiger partial charge in [0.2, 0.25) is 5.78 Å². The zero-order valence-electron chi connectivity index (χ0n) is 24.3. The summed E-state index contributed by atoms with van der Waals surface area (Å²) in [6.45, 7) is 1.95. The van der Waals surface area contributed by atoms with Gasteiger partial charge in [0, 0.05) is 16.5 Å². The monoisotopic (exact) mass is 602 g/mol. The van der Waals surface area contributed by atoms with Gasteiger partial charge in [-0.05, 0) is 84.8 Å². The molecule has 0 aliphatic carbocycles. The molecule has 0 unspecified atom stereocenters. The number of rotatable bonds is 4. The number of aryl methyl sites for hydroxylation is 1. The third-order valence-electron chi connectivity index (χ3n) is 8.74. The number of nitrogens with zero attached hydrogens (tertiary/aromatic N) is 4. The molecule has 0 atom stereocenters. The Hall–Kier alpha value is -5.66. The van der Waals surface area contributed by atoms with Gasteiger partial charge in [-0.1, -0.05) is 78.4 Å². The Bertz CT molecular complexity index is 2720. The van der Waals surface area contributed by atoms with Gasteiger partial charge in [0.25, 0.3) is 10.0 Å². The minimum absolute atomic E-state index is 0.268. The fourth-order valence-corrected chi connectivity index (χ4v) is 8.13. The van der Waals surface area contributed by atoms with E-state index in [4.69, 9.17) is 4.98 Å². The Morgan fingerprint density at radius 3 is 2.00 bits per heavy atom. The summed E-state index contributed by atoms with van der Waals surface area (Å²) in [5.74, 6) is 0.856. The first-order valence-electron chi connectivity index (χ1n) is 14.8. The standard InChI is InChI=1S/C38H26N4O2S/c1-25-15-19-29(20-16-25)45(43,44)42-33-13-7-5-11-30(33)31-23-26(17-21-34(31)42)27-18-22-36-37(24-27)41-35-14-8-6-12-32(35)39-38(41)40(36)28-9-3-2-4-10-28/h2-24H,1H3. The summed E-state index contributed by atoms with van der Waals surface area (Å²) in [6.07, 6.45) is 0. The number of benzene rings is 6. The van der Waals surface area contributed by atoms with E-state index in [-0.39, 0.29) is 4.90 Å². The van der Waals surface area contributed by atoms with Gasteiger partial charge in [-0.3, -0.25) is 8.97 Å². The molecule has 6 nitrogen and oxygen atoms in total. The average molecular weight is 603 g/mol. The zero-order chi connectivity index (χ0) is 30.3. The third kappa shape index (κ3) is 3.74. The molecule has 0 saturated carbocycles. The van der Waals surface area contributed by atoms with Crippen molar-refractivity contribution >= 4 is 59.7 Å². The van der Waals surface area contributed by atoms with Crippen LogP contribution < -0.4 is 0 Å². The number of hydrogen-bond donors (Lipinski definition) is 0. The highest BCUT2D eigenvalue weighted by atomic mass is 32.2. The summed E-state index contributed by atoms with van der Waals surface area (Å²) >= 11 is 0. The molecule has 6 aromatic carbocycles. The summed E-state index contributed by atoms with van der Waals surface area (Å²) in [7, 11) is -3.83. The van der Waals surface area contributed by atoms with Gasteiger partial charge in [0.1, 0.15) is 0 Å². The highest BCUT2D eigenvalue weighted by molar-refractivity contribution is 7.90. The lowest BCUT2D eigenvalue weighted by Crippen LogP contribution is -2.12. The second-order valence-electron chi connectivity index (χ2n) is 11.4. The van der Waals surface area contributed by atoms with Gasteiger partial charge in [0.05, 0.1) is 38.0 Å². The lowest BCUT2D eigenvalue weighted by atomic mass is 10.0. The van der Waals surface area contributed by atoms with Crippen LogP contribution >= 0.6 is 0 Å². The Morgan fingerprint density at radius 2 is 1.20 bits per heavy atom. The maximum Gasteiger partial charge on any atom is 0.268 e. The molecule has 9 aromatic rings. The van der Waals surface area contributed by atoms with Crippen molar-refractivity contribution in [3.05, 3.63) is 145 Å². The predicted octanol–water partition coefficient (Wildman–Crippen LogP) is 8.75. The third-order valence-corrected chi connectivity index (χ3v) is 10.5. The molecule has 9 rings (SSSR count). The largest absolute Gasteiger partial charge is 0.278 e. The molecule has 0 aliphatic rings. The minimum atomic E-state index is -3.83. The Labute approximate surface area is 259 Å². The first-order chi connectivity index (χ1) is 22.0. The molecule has 0 spiro atoms. The van der Waals surface area contributed by atoms with Crippen LogP contribution in [0.3, 0.4) is 0 Å². The van der Waals surface area contributed by atoms with Gasteiger partial charge < -0.3 is 0 Å². The molecule has 0 saturated heterocycles. The van der Waals surface area contributed by atoms with Gasteiger partial charge in [-0.2, -0.15) is 0 Å². The first kappa shape index (κ1) is 25.8. The SMILES string of the molecule is Cc1ccc(S(=O)(=O)n2c3ccccc3c3cc(-c4ccc5c(c4)n4c6ccccc6nc4n5-c4ccccc4)ccc32)cc1. The van der Waals surface area contributed by atoms with Crippen LogP contribution in [-0.2, 0) is 10.0 Å². The van der Waals surface area contributed by atoms with E-state index in [0.29, 0.717) is 11.0 Å². The van der Waals surface area contributed by atoms with Gasteiger partial charge in [-0.25, -0.2) is 17.4 Å². The molecule has 0 bridgehead atoms. The van der Waals surface area contributed by atoms with E-state index in [1.165, 1.54) is 3.97 Å². The van der Waals surface area contributed by atoms with Crippen LogP contribution in [-0.4, -0.2) is 26.3 Å². The molecule has 0 fully saturated rings. The van der Waals surface area contributed by atoms with Gasteiger partial charge in [-0.15, -0.1) is 0 Å². The number of para-hydroxylation sites is 4. The molecule has 0 amide bonds. The molecular formula is C38H26N4O2S. The van der Waals surface area contributed by atoms with E-state index in [1.807, 2.05) is 91.9 Å². The smallest absolute Gasteiger partial charge is 0.268 e. The summed E-state index contributed by atoms with van der Waals surface area (Å²) < 4.78 is 33.9. The van der Waals surface area contributed by atoms with E-state index >= 15 is 0 Å². The lowest BCUT2D eigenvalue weighted by Gasteiger charge is -2.10. The molecule has 216 valence electrons. The first-order valence-corrected chi connectivity index (χ1v) is 16.3. The van der Waals surface area contributed by atoms with E-state index in [0.717, 1.165) is 61.0 Å². The predicted molar refractivity (Wildman–Crippen MR) is 182 cm³/mol. The topological polar surface area (TPSA) is 61.3 Å². The van der Waals surface area contributed by atoms with Crippen molar-refractivity contribution in [2.75, 3.05) is 0 Å². The van der Waals surface area contributed by atoms with Crippen molar-refractivity contribution < 1.29 is 8.42 Å². The molecular weight excluding hydrogens is 577 g/mol. The van der Waals surface area contributed by atoms with E-state index in [9.17, 15) is 8.42 Å². The normalized spacial score (nSPS) is 12.3. The maximum atomic E-state index is 14.0. The summed E-state index contributed by atoms with van der Waals surface area (Å²) in [4.78, 5) is 5.30. The number of imidazole rings is 2. The number of aromatic nitrogens is 4. The van der Waals surface area contributed by atoms with Crippen LogP contribution in [0.25, 0.3) is 66.5 Å². The molecule has 45 heavy (non-hydrogen) atoms. The Kier molecular flexibility index (Phi) is 5.40. The van der Waals surface area contributed by atoms with Crippen LogP contribution in [0.2, 0.25) is 0 Å². The molecule has 0 aliphatic heterocycles. The van der Waals surface area contributed by atoms with Crippen molar-refractivity contribution in [1.82, 2.24) is 17.9 Å². The quantitative estimate of drug-likeness (QED) is 0.202. The highest BCUT2D eigenvalue weighted by Crippen LogP contribution is 2.37. The summed E-state index contributed by atoms with van der Waals surface area (Å²) in [5.41, 5.74) is 9.49. The van der Waals surface area contributed by atoms with Crippen molar-refractivity contribution in [2.45, 2.75) is 11.8 Å². The minimum Gasteiger partial charge on any atom is -0.278 e. The van der Waals surface area contributed by atoms with Crippen molar-refractivity contribution in [2.24, 2.45) is 0 Å². The van der Waals surface area contributed by atoms with Crippen LogP contribution in [0.1, 0.15) is 5.56 Å². The fraction of sp³-hybridized carbons (Fsp3) is 0.0263.